The van der Waals surface area contributed by atoms with E-state index in [-0.39, 0.29) is 5.82 Å². The van der Waals surface area contributed by atoms with Crippen molar-refractivity contribution < 1.29 is 4.39 Å². The maximum atomic E-state index is 13.2. The molecule has 1 aromatic carbocycles. The van der Waals surface area contributed by atoms with Gasteiger partial charge in [-0.3, -0.25) is 0 Å². The fourth-order valence-electron chi connectivity index (χ4n) is 1.84. The van der Waals surface area contributed by atoms with E-state index in [2.05, 4.69) is 17.3 Å². The number of hydrazine groups is 1. The van der Waals surface area contributed by atoms with Crippen molar-refractivity contribution in [1.82, 2.24) is 4.98 Å². The maximum Gasteiger partial charge on any atom is 0.143 e. The number of hydrogen-bond donors (Lipinski definition) is 2. The van der Waals surface area contributed by atoms with E-state index in [1.807, 2.05) is 6.07 Å². The number of halogens is 2. The van der Waals surface area contributed by atoms with Crippen LogP contribution in [0.15, 0.2) is 18.2 Å². The summed E-state index contributed by atoms with van der Waals surface area (Å²) in [7, 11) is 0. The third-order valence-corrected chi connectivity index (χ3v) is 2.86. The van der Waals surface area contributed by atoms with Gasteiger partial charge in [-0.25, -0.2) is 15.2 Å². The van der Waals surface area contributed by atoms with Gasteiger partial charge in [0.05, 0.1) is 10.5 Å². The summed E-state index contributed by atoms with van der Waals surface area (Å²) in [4.78, 5) is 4.32. The number of aryl methyl sites for hydroxylation is 1. The van der Waals surface area contributed by atoms with Gasteiger partial charge in [-0.1, -0.05) is 24.9 Å². The van der Waals surface area contributed by atoms with Crippen molar-refractivity contribution in [2.45, 2.75) is 19.8 Å². The van der Waals surface area contributed by atoms with Crippen LogP contribution in [0.1, 0.15) is 18.9 Å². The number of nitrogens with zero attached hydrogens (tertiary/aromatic N) is 1. The van der Waals surface area contributed by atoms with Crippen LogP contribution in [-0.4, -0.2) is 4.98 Å². The van der Waals surface area contributed by atoms with E-state index >= 15 is 0 Å². The number of rotatable bonds is 3. The van der Waals surface area contributed by atoms with Gasteiger partial charge in [-0.15, -0.1) is 0 Å². The number of benzene rings is 1. The summed E-state index contributed by atoms with van der Waals surface area (Å²) >= 11 is 5.95. The number of hydrogen-bond acceptors (Lipinski definition) is 3. The lowest BCUT2D eigenvalue weighted by molar-refractivity contribution is 0.629. The van der Waals surface area contributed by atoms with Crippen LogP contribution >= 0.6 is 11.6 Å². The molecular formula is C12H13ClFN3. The molecular weight excluding hydrogens is 241 g/mol. The molecule has 0 radical (unpaired) electrons. The van der Waals surface area contributed by atoms with E-state index < -0.39 is 0 Å². The van der Waals surface area contributed by atoms with Gasteiger partial charge in [-0.2, -0.15) is 0 Å². The summed E-state index contributed by atoms with van der Waals surface area (Å²) in [5.74, 6) is 5.65. The number of aromatic nitrogens is 1. The summed E-state index contributed by atoms with van der Waals surface area (Å²) in [6.07, 6.45) is 1.79. The minimum Gasteiger partial charge on any atom is -0.308 e. The minimum atomic E-state index is -0.361. The third kappa shape index (κ3) is 2.33. The highest BCUT2D eigenvalue weighted by Gasteiger charge is 2.09. The van der Waals surface area contributed by atoms with Crippen LogP contribution in [0.5, 0.6) is 0 Å². The number of nitrogens with one attached hydrogen (secondary N) is 1. The van der Waals surface area contributed by atoms with Crippen LogP contribution in [0, 0.1) is 5.82 Å². The predicted molar refractivity (Wildman–Crippen MR) is 68.5 cm³/mol. The fraction of sp³-hybridized carbons (Fsp3) is 0.250. The minimum absolute atomic E-state index is 0.291. The van der Waals surface area contributed by atoms with Crippen molar-refractivity contribution in [2.24, 2.45) is 5.84 Å². The summed E-state index contributed by atoms with van der Waals surface area (Å²) in [5, 5.41) is 0.983. The van der Waals surface area contributed by atoms with Crippen molar-refractivity contribution in [1.29, 1.82) is 0 Å². The van der Waals surface area contributed by atoms with Crippen molar-refractivity contribution in [3.8, 4) is 0 Å². The molecule has 0 amide bonds. The Labute approximate surface area is 104 Å². The van der Waals surface area contributed by atoms with E-state index in [1.165, 1.54) is 12.1 Å². The molecule has 3 nitrogen and oxygen atoms in total. The van der Waals surface area contributed by atoms with Gasteiger partial charge in [0.15, 0.2) is 0 Å². The zero-order valence-electron chi connectivity index (χ0n) is 9.43. The average molecular weight is 254 g/mol. The molecule has 2 aromatic rings. The Kier molecular flexibility index (Phi) is 3.45. The monoisotopic (exact) mass is 253 g/mol. The van der Waals surface area contributed by atoms with Crippen LogP contribution in [0.2, 0.25) is 5.02 Å². The highest BCUT2D eigenvalue weighted by Crippen LogP contribution is 2.27. The second kappa shape index (κ2) is 4.85. The lowest BCUT2D eigenvalue weighted by Crippen LogP contribution is -2.11. The summed E-state index contributed by atoms with van der Waals surface area (Å²) < 4.78 is 13.2. The first-order valence-corrected chi connectivity index (χ1v) is 5.78. The first-order chi connectivity index (χ1) is 8.15. The molecule has 5 heteroatoms. The Bertz CT molecular complexity index is 557. The molecule has 0 atom stereocenters. The number of pyridine rings is 1. The Morgan fingerprint density at radius 2 is 2.18 bits per heavy atom. The molecule has 0 aliphatic carbocycles. The van der Waals surface area contributed by atoms with Crippen molar-refractivity contribution in [3.05, 3.63) is 34.6 Å². The SMILES string of the molecule is CCCc1cc2cc(F)cc(Cl)c2nc1NN. The highest BCUT2D eigenvalue weighted by atomic mass is 35.5. The van der Waals surface area contributed by atoms with Crippen LogP contribution < -0.4 is 11.3 Å². The Hall–Kier alpha value is -1.39. The zero-order chi connectivity index (χ0) is 12.4. The van der Waals surface area contributed by atoms with Gasteiger partial charge in [0.1, 0.15) is 11.6 Å². The van der Waals surface area contributed by atoms with E-state index in [0.29, 0.717) is 21.7 Å². The van der Waals surface area contributed by atoms with Crippen LogP contribution in [-0.2, 0) is 6.42 Å². The van der Waals surface area contributed by atoms with Crippen LogP contribution in [0.25, 0.3) is 10.9 Å². The molecule has 0 aliphatic heterocycles. The molecule has 0 fully saturated rings. The van der Waals surface area contributed by atoms with Gasteiger partial charge in [-0.05, 0) is 30.2 Å². The molecule has 2 rings (SSSR count). The van der Waals surface area contributed by atoms with E-state index in [4.69, 9.17) is 17.4 Å². The standard InChI is InChI=1S/C12H13ClFN3/c1-2-3-7-4-8-5-9(14)6-10(13)11(8)16-12(7)17-15/h4-6H,2-3,15H2,1H3,(H,16,17). The molecule has 0 spiro atoms. The first-order valence-electron chi connectivity index (χ1n) is 5.41. The maximum absolute atomic E-state index is 13.2. The molecule has 1 heterocycles. The molecule has 0 unspecified atom stereocenters. The first kappa shape index (κ1) is 12.1. The summed E-state index contributed by atoms with van der Waals surface area (Å²) in [6.45, 7) is 2.06. The number of fused-ring (bicyclic) bond motifs is 1. The molecule has 17 heavy (non-hydrogen) atoms. The molecule has 0 aliphatic rings. The fourth-order valence-corrected chi connectivity index (χ4v) is 2.09. The zero-order valence-corrected chi connectivity index (χ0v) is 10.2. The second-order valence-corrected chi connectivity index (χ2v) is 4.26. The Morgan fingerprint density at radius 3 is 2.82 bits per heavy atom. The second-order valence-electron chi connectivity index (χ2n) is 3.85. The topological polar surface area (TPSA) is 50.9 Å². The normalized spacial score (nSPS) is 10.8. The number of nitrogens with two attached hydrogens (primary N) is 1. The molecule has 0 saturated carbocycles. The van der Waals surface area contributed by atoms with Crippen molar-refractivity contribution in [3.63, 3.8) is 0 Å². The molecule has 1 aromatic heterocycles. The van der Waals surface area contributed by atoms with Crippen molar-refractivity contribution in [2.75, 3.05) is 5.43 Å². The third-order valence-electron chi connectivity index (χ3n) is 2.57. The van der Waals surface area contributed by atoms with Crippen LogP contribution in [0.3, 0.4) is 0 Å². The quantitative estimate of drug-likeness (QED) is 0.652. The summed E-state index contributed by atoms with van der Waals surface area (Å²) in [5.41, 5.74) is 4.07. The Balaban J connectivity index is 2.69. The van der Waals surface area contributed by atoms with E-state index in [1.54, 1.807) is 0 Å². The lowest BCUT2D eigenvalue weighted by atomic mass is 10.1. The smallest absolute Gasteiger partial charge is 0.143 e. The Morgan fingerprint density at radius 1 is 1.41 bits per heavy atom. The van der Waals surface area contributed by atoms with Gasteiger partial charge < -0.3 is 5.43 Å². The molecule has 3 N–H and O–H groups in total. The highest BCUT2D eigenvalue weighted by molar-refractivity contribution is 6.35. The van der Waals surface area contributed by atoms with E-state index in [0.717, 1.165) is 18.4 Å². The predicted octanol–water partition coefficient (Wildman–Crippen LogP) is 3.27. The molecule has 0 bridgehead atoms. The van der Waals surface area contributed by atoms with Gasteiger partial charge in [0.2, 0.25) is 0 Å². The van der Waals surface area contributed by atoms with Gasteiger partial charge in [0, 0.05) is 5.39 Å². The van der Waals surface area contributed by atoms with Crippen molar-refractivity contribution >= 4 is 28.3 Å². The molecule has 90 valence electrons. The van der Waals surface area contributed by atoms with Gasteiger partial charge >= 0.3 is 0 Å². The van der Waals surface area contributed by atoms with E-state index in [9.17, 15) is 4.39 Å². The largest absolute Gasteiger partial charge is 0.308 e. The number of nitrogen functional groups attached to an aromatic ring is 1. The van der Waals surface area contributed by atoms with Crippen LogP contribution in [0.4, 0.5) is 10.2 Å². The number of anilines is 1. The lowest BCUT2D eigenvalue weighted by Gasteiger charge is -2.10. The van der Waals surface area contributed by atoms with Gasteiger partial charge in [0.25, 0.3) is 0 Å². The summed E-state index contributed by atoms with van der Waals surface area (Å²) in [6, 6.07) is 4.54. The average Bonchev–Trinajstić information content (AvgIpc) is 2.28. The molecule has 0 saturated heterocycles.